The monoisotopic (exact) mass is 409 g/mol. The van der Waals surface area contributed by atoms with Crippen molar-refractivity contribution >= 4 is 50.8 Å². The first-order chi connectivity index (χ1) is 13.6. The summed E-state index contributed by atoms with van der Waals surface area (Å²) < 4.78 is 1.15. The molecular weight excluding hydrogens is 390 g/mol. The van der Waals surface area contributed by atoms with Crippen LogP contribution in [0.3, 0.4) is 0 Å². The van der Waals surface area contributed by atoms with Crippen LogP contribution < -0.4 is 5.32 Å². The molecule has 2 amide bonds. The van der Waals surface area contributed by atoms with Crippen molar-refractivity contribution in [1.82, 2.24) is 9.88 Å². The lowest BCUT2D eigenvalue weighted by Crippen LogP contribution is -2.31. The molecule has 1 fully saturated rings. The smallest absolute Gasteiger partial charge is 0.254 e. The van der Waals surface area contributed by atoms with Gasteiger partial charge < -0.3 is 10.2 Å². The number of para-hydroxylation sites is 1. The minimum atomic E-state index is -0.115. The summed E-state index contributed by atoms with van der Waals surface area (Å²) in [5, 5.41) is 3.80. The first kappa shape index (κ1) is 17.7. The normalized spacial score (nSPS) is 21.6. The topological polar surface area (TPSA) is 62.3 Å². The zero-order valence-electron chi connectivity index (χ0n) is 15.3. The van der Waals surface area contributed by atoms with Gasteiger partial charge in [-0.15, -0.1) is 23.1 Å². The van der Waals surface area contributed by atoms with E-state index in [1.54, 1.807) is 11.3 Å². The molecule has 0 spiro atoms. The lowest BCUT2D eigenvalue weighted by atomic mass is 10.1. The highest BCUT2D eigenvalue weighted by molar-refractivity contribution is 8.00. The SMILES string of the molecule is CC1Sc2ccc(C(=O)N3CCCC3c3nc4ccccc4s3)cc2NC1=O. The average molecular weight is 410 g/mol. The van der Waals surface area contributed by atoms with Crippen molar-refractivity contribution in [3.8, 4) is 0 Å². The van der Waals surface area contributed by atoms with Crippen molar-refractivity contribution in [2.24, 2.45) is 0 Å². The molecule has 2 aliphatic rings. The van der Waals surface area contributed by atoms with Crippen molar-refractivity contribution in [3.63, 3.8) is 0 Å². The van der Waals surface area contributed by atoms with E-state index in [1.165, 1.54) is 11.8 Å². The van der Waals surface area contributed by atoms with Gasteiger partial charge in [0.25, 0.3) is 5.91 Å². The van der Waals surface area contributed by atoms with E-state index in [0.29, 0.717) is 5.56 Å². The predicted molar refractivity (Wildman–Crippen MR) is 113 cm³/mol. The van der Waals surface area contributed by atoms with E-state index in [-0.39, 0.29) is 23.1 Å². The summed E-state index contributed by atoms with van der Waals surface area (Å²) in [6.07, 6.45) is 1.90. The van der Waals surface area contributed by atoms with Gasteiger partial charge in [0.1, 0.15) is 5.01 Å². The number of carbonyl (C=O) groups excluding carboxylic acids is 2. The molecule has 7 heteroatoms. The zero-order chi connectivity index (χ0) is 19.3. The Hall–Kier alpha value is -2.38. The molecule has 142 valence electrons. The van der Waals surface area contributed by atoms with Crippen molar-refractivity contribution in [2.75, 3.05) is 11.9 Å². The van der Waals surface area contributed by atoms with E-state index in [4.69, 9.17) is 4.98 Å². The van der Waals surface area contributed by atoms with Crippen molar-refractivity contribution in [2.45, 2.75) is 36.0 Å². The molecule has 0 bridgehead atoms. The molecule has 0 radical (unpaired) electrons. The number of carbonyl (C=O) groups is 2. The Morgan fingerprint density at radius 1 is 1.25 bits per heavy atom. The number of thioether (sulfide) groups is 1. The minimum Gasteiger partial charge on any atom is -0.329 e. The van der Waals surface area contributed by atoms with E-state index in [1.807, 2.05) is 48.2 Å². The summed E-state index contributed by atoms with van der Waals surface area (Å²) in [5.41, 5.74) is 2.33. The first-order valence-electron chi connectivity index (χ1n) is 9.38. The number of nitrogens with zero attached hydrogens (tertiary/aromatic N) is 2. The van der Waals surface area contributed by atoms with Gasteiger partial charge in [-0.3, -0.25) is 9.59 Å². The van der Waals surface area contributed by atoms with Crippen molar-refractivity contribution in [3.05, 3.63) is 53.0 Å². The van der Waals surface area contributed by atoms with Crippen LogP contribution in [-0.4, -0.2) is 33.5 Å². The number of rotatable bonds is 2. The van der Waals surface area contributed by atoms with Gasteiger partial charge >= 0.3 is 0 Å². The number of fused-ring (bicyclic) bond motifs is 2. The van der Waals surface area contributed by atoms with Crippen LogP contribution >= 0.6 is 23.1 Å². The zero-order valence-corrected chi connectivity index (χ0v) is 17.0. The number of anilines is 1. The highest BCUT2D eigenvalue weighted by Crippen LogP contribution is 2.39. The minimum absolute atomic E-state index is 0.00225. The molecule has 5 rings (SSSR count). The summed E-state index contributed by atoms with van der Waals surface area (Å²) >= 11 is 3.20. The number of aromatic nitrogens is 1. The van der Waals surface area contributed by atoms with E-state index < -0.39 is 0 Å². The van der Waals surface area contributed by atoms with Crippen molar-refractivity contribution in [1.29, 1.82) is 0 Å². The van der Waals surface area contributed by atoms with E-state index >= 15 is 0 Å². The number of amides is 2. The molecule has 2 aromatic carbocycles. The molecule has 3 aromatic rings. The lowest BCUT2D eigenvalue weighted by molar-refractivity contribution is -0.115. The molecule has 5 nitrogen and oxygen atoms in total. The Bertz CT molecular complexity index is 1060. The number of hydrogen-bond acceptors (Lipinski definition) is 5. The molecule has 1 N–H and O–H groups in total. The highest BCUT2D eigenvalue weighted by atomic mass is 32.2. The van der Waals surface area contributed by atoms with Crippen LogP contribution in [0.15, 0.2) is 47.4 Å². The van der Waals surface area contributed by atoms with E-state index in [2.05, 4.69) is 11.4 Å². The summed E-state index contributed by atoms with van der Waals surface area (Å²) in [5.74, 6) is -0.0157. The van der Waals surface area contributed by atoms with Gasteiger partial charge in [0.05, 0.1) is 27.2 Å². The third-order valence-corrected chi connectivity index (χ3v) is 7.58. The van der Waals surface area contributed by atoms with Crippen molar-refractivity contribution < 1.29 is 9.59 Å². The molecule has 1 aromatic heterocycles. The molecule has 28 heavy (non-hydrogen) atoms. The number of hydrogen-bond donors (Lipinski definition) is 1. The quantitative estimate of drug-likeness (QED) is 0.666. The second-order valence-corrected chi connectivity index (χ2v) is 9.58. The van der Waals surface area contributed by atoms with Crippen LogP contribution in [-0.2, 0) is 4.79 Å². The predicted octanol–water partition coefficient (Wildman–Crippen LogP) is 4.71. The summed E-state index contributed by atoms with van der Waals surface area (Å²) in [6.45, 7) is 2.61. The van der Waals surface area contributed by atoms with Gasteiger partial charge in [0, 0.05) is 17.0 Å². The summed E-state index contributed by atoms with van der Waals surface area (Å²) in [4.78, 5) is 33.0. The van der Waals surface area contributed by atoms with Crippen LogP contribution in [0.5, 0.6) is 0 Å². The molecule has 2 atom stereocenters. The largest absolute Gasteiger partial charge is 0.329 e. The number of nitrogens with one attached hydrogen (secondary N) is 1. The number of thiazole rings is 1. The maximum absolute atomic E-state index is 13.3. The second kappa shape index (κ2) is 6.90. The fraction of sp³-hybridized carbons (Fsp3) is 0.286. The molecule has 3 heterocycles. The van der Waals surface area contributed by atoms with Crippen LogP contribution in [0.25, 0.3) is 10.2 Å². The van der Waals surface area contributed by atoms with Crippen LogP contribution in [0, 0.1) is 0 Å². The fourth-order valence-electron chi connectivity index (χ4n) is 3.81. The lowest BCUT2D eigenvalue weighted by Gasteiger charge is -2.25. The van der Waals surface area contributed by atoms with Gasteiger partial charge in [-0.05, 0) is 50.1 Å². The van der Waals surface area contributed by atoms with Crippen LogP contribution in [0.2, 0.25) is 0 Å². The van der Waals surface area contributed by atoms with E-state index in [0.717, 1.165) is 45.2 Å². The molecule has 2 aliphatic heterocycles. The Kier molecular flexibility index (Phi) is 4.36. The Morgan fingerprint density at radius 3 is 2.96 bits per heavy atom. The third kappa shape index (κ3) is 2.99. The third-order valence-electron chi connectivity index (χ3n) is 5.27. The Labute approximate surface area is 171 Å². The fourth-order valence-corrected chi connectivity index (χ4v) is 5.85. The van der Waals surface area contributed by atoms with Gasteiger partial charge in [-0.25, -0.2) is 4.98 Å². The van der Waals surface area contributed by atoms with E-state index in [9.17, 15) is 9.59 Å². The van der Waals surface area contributed by atoms with Gasteiger partial charge in [0.2, 0.25) is 5.91 Å². The maximum Gasteiger partial charge on any atom is 0.254 e. The average Bonchev–Trinajstić information content (AvgIpc) is 3.34. The van der Waals surface area contributed by atoms with Gasteiger partial charge in [-0.1, -0.05) is 12.1 Å². The molecule has 0 aliphatic carbocycles. The van der Waals surface area contributed by atoms with Gasteiger partial charge in [-0.2, -0.15) is 0 Å². The molecule has 1 saturated heterocycles. The summed E-state index contributed by atoms with van der Waals surface area (Å²) in [7, 11) is 0. The Morgan fingerprint density at radius 2 is 2.11 bits per heavy atom. The molecule has 0 saturated carbocycles. The molecular formula is C21H19N3O2S2. The van der Waals surface area contributed by atoms with Crippen LogP contribution in [0.4, 0.5) is 5.69 Å². The van der Waals surface area contributed by atoms with Gasteiger partial charge in [0.15, 0.2) is 0 Å². The highest BCUT2D eigenvalue weighted by Gasteiger charge is 2.33. The Balaban J connectivity index is 1.44. The summed E-state index contributed by atoms with van der Waals surface area (Å²) in [6, 6.07) is 13.7. The molecule has 2 unspecified atom stereocenters. The number of likely N-dealkylation sites (tertiary alicyclic amines) is 1. The van der Waals surface area contributed by atoms with Crippen LogP contribution in [0.1, 0.15) is 41.2 Å². The maximum atomic E-state index is 13.3. The first-order valence-corrected chi connectivity index (χ1v) is 11.1. The standard InChI is InChI=1S/C21H19N3O2S2/c1-12-19(25)22-15-11-13(8-9-18(15)27-12)21(26)24-10-4-6-16(24)20-23-14-5-2-3-7-17(14)28-20/h2-3,5,7-9,11-12,16H,4,6,10H2,1H3,(H,22,25). The number of benzene rings is 2. The second-order valence-electron chi connectivity index (χ2n) is 7.14.